The molecule has 1 atom stereocenters. The van der Waals surface area contributed by atoms with Crippen LogP contribution in [0.1, 0.15) is 35.7 Å². The quantitative estimate of drug-likeness (QED) is 0.740. The molecular weight excluding hydrogens is 328 g/mol. The molecule has 0 fully saturated rings. The van der Waals surface area contributed by atoms with E-state index < -0.39 is 0 Å². The van der Waals surface area contributed by atoms with Crippen LogP contribution in [0.15, 0.2) is 42.7 Å². The topological polar surface area (TPSA) is 76.8 Å². The molecule has 7 heteroatoms. The molecule has 3 aromatic rings. The molecule has 0 saturated carbocycles. The molecule has 3 rings (SSSR count). The number of aromatic nitrogens is 4. The van der Waals surface area contributed by atoms with Gasteiger partial charge in [-0.05, 0) is 26.3 Å². The van der Waals surface area contributed by atoms with Crippen molar-refractivity contribution in [3.8, 4) is 0 Å². The lowest BCUT2D eigenvalue weighted by molar-refractivity contribution is 0.249. The minimum Gasteiger partial charge on any atom is -0.336 e. The number of imidazole rings is 1. The van der Waals surface area contributed by atoms with Crippen LogP contribution in [0, 0.1) is 13.8 Å². The highest BCUT2D eigenvalue weighted by Gasteiger charge is 2.22. The van der Waals surface area contributed by atoms with Gasteiger partial charge in [-0.25, -0.2) is 9.78 Å². The molecule has 1 aromatic carbocycles. The van der Waals surface area contributed by atoms with E-state index in [2.05, 4.69) is 20.7 Å². The minimum atomic E-state index is -0.349. The number of aryl methyl sites for hydroxylation is 3. The molecule has 0 aliphatic heterocycles. The number of carbonyl (C=O) groups is 1. The number of carbonyl (C=O) groups excluding carboxylic acids is 1. The number of nitrogens with one attached hydrogen (secondary N) is 2. The van der Waals surface area contributed by atoms with Crippen LogP contribution in [0.25, 0.3) is 0 Å². The van der Waals surface area contributed by atoms with E-state index >= 15 is 0 Å². The van der Waals surface area contributed by atoms with Crippen LogP contribution >= 0.6 is 0 Å². The summed E-state index contributed by atoms with van der Waals surface area (Å²) in [6.45, 7) is 6.63. The van der Waals surface area contributed by atoms with E-state index in [1.807, 2.05) is 73.6 Å². The van der Waals surface area contributed by atoms with Crippen molar-refractivity contribution >= 4 is 11.7 Å². The van der Waals surface area contributed by atoms with E-state index in [1.165, 1.54) is 0 Å². The van der Waals surface area contributed by atoms with Crippen molar-refractivity contribution in [2.24, 2.45) is 7.05 Å². The van der Waals surface area contributed by atoms with Crippen LogP contribution in [0.5, 0.6) is 0 Å². The largest absolute Gasteiger partial charge is 0.336 e. The predicted octanol–water partition coefficient (Wildman–Crippen LogP) is 3.16. The third-order valence-corrected chi connectivity index (χ3v) is 4.44. The normalized spacial score (nSPS) is 12.0. The smallest absolute Gasteiger partial charge is 0.320 e. The number of amides is 2. The van der Waals surface area contributed by atoms with Gasteiger partial charge in [-0.3, -0.25) is 4.68 Å². The number of hydrogen-bond acceptors (Lipinski definition) is 3. The average molecular weight is 352 g/mol. The predicted molar refractivity (Wildman–Crippen MR) is 101 cm³/mol. The van der Waals surface area contributed by atoms with Crippen LogP contribution in [0.2, 0.25) is 0 Å². The van der Waals surface area contributed by atoms with Gasteiger partial charge in [0.1, 0.15) is 11.9 Å². The van der Waals surface area contributed by atoms with Crippen LogP contribution < -0.4 is 10.6 Å². The van der Waals surface area contributed by atoms with E-state index in [0.29, 0.717) is 0 Å². The number of anilines is 1. The average Bonchev–Trinajstić information content (AvgIpc) is 3.18. The van der Waals surface area contributed by atoms with Crippen molar-refractivity contribution in [1.29, 1.82) is 0 Å². The maximum absolute atomic E-state index is 12.7. The maximum atomic E-state index is 12.7. The lowest BCUT2D eigenvalue weighted by atomic mass is 10.1. The molecule has 0 bridgehead atoms. The van der Waals surface area contributed by atoms with Crippen molar-refractivity contribution in [1.82, 2.24) is 24.6 Å². The Labute approximate surface area is 153 Å². The second-order valence-corrected chi connectivity index (χ2v) is 6.20. The van der Waals surface area contributed by atoms with Crippen molar-refractivity contribution in [2.75, 3.05) is 5.32 Å². The fraction of sp³-hybridized carbons (Fsp3) is 0.316. The Morgan fingerprint density at radius 1 is 1.23 bits per heavy atom. The summed E-state index contributed by atoms with van der Waals surface area (Å²) in [4.78, 5) is 17.1. The number of urea groups is 1. The molecule has 0 radical (unpaired) electrons. The van der Waals surface area contributed by atoms with Crippen molar-refractivity contribution in [3.05, 3.63) is 65.5 Å². The van der Waals surface area contributed by atoms with E-state index in [9.17, 15) is 4.79 Å². The Hall–Kier alpha value is -3.09. The fourth-order valence-electron chi connectivity index (χ4n) is 3.06. The minimum absolute atomic E-state index is 0.288. The molecule has 136 valence electrons. The highest BCUT2D eigenvalue weighted by atomic mass is 16.2. The molecule has 0 aliphatic carbocycles. The first-order chi connectivity index (χ1) is 12.5. The number of hydrogen-bond donors (Lipinski definition) is 2. The van der Waals surface area contributed by atoms with Gasteiger partial charge in [0.25, 0.3) is 0 Å². The summed E-state index contributed by atoms with van der Waals surface area (Å²) in [5.74, 6) is 0.768. The fourth-order valence-corrected chi connectivity index (χ4v) is 3.06. The van der Waals surface area contributed by atoms with Crippen LogP contribution in [0.4, 0.5) is 10.5 Å². The Bertz CT molecular complexity index is 896. The molecule has 7 nitrogen and oxygen atoms in total. The van der Waals surface area contributed by atoms with Crippen LogP contribution in [-0.4, -0.2) is 25.4 Å². The molecule has 26 heavy (non-hydrogen) atoms. The molecule has 0 aliphatic rings. The first kappa shape index (κ1) is 17.7. The SMILES string of the molecule is CCn1nc(C)c(NC(=O)N[C@H](c2ccccc2)c2nccn2C)c1C. The molecule has 2 amide bonds. The first-order valence-electron chi connectivity index (χ1n) is 8.65. The van der Waals surface area contributed by atoms with Crippen LogP contribution in [0.3, 0.4) is 0 Å². The van der Waals surface area contributed by atoms with E-state index in [4.69, 9.17) is 0 Å². The van der Waals surface area contributed by atoms with Gasteiger partial charge in [-0.1, -0.05) is 30.3 Å². The van der Waals surface area contributed by atoms with Gasteiger partial charge < -0.3 is 15.2 Å². The molecule has 2 N–H and O–H groups in total. The molecule has 0 spiro atoms. The molecule has 2 heterocycles. The van der Waals surface area contributed by atoms with Gasteiger partial charge in [0, 0.05) is 26.0 Å². The van der Waals surface area contributed by atoms with Gasteiger partial charge in [0.05, 0.1) is 17.1 Å². The third kappa shape index (κ3) is 3.46. The first-order valence-corrected chi connectivity index (χ1v) is 8.65. The van der Waals surface area contributed by atoms with Crippen molar-refractivity contribution < 1.29 is 4.79 Å². The number of nitrogens with zero attached hydrogens (tertiary/aromatic N) is 4. The third-order valence-electron chi connectivity index (χ3n) is 4.44. The lowest BCUT2D eigenvalue weighted by Gasteiger charge is -2.19. The van der Waals surface area contributed by atoms with Crippen molar-refractivity contribution in [3.63, 3.8) is 0 Å². The molecule has 0 saturated heterocycles. The second-order valence-electron chi connectivity index (χ2n) is 6.20. The van der Waals surface area contributed by atoms with E-state index in [-0.39, 0.29) is 12.1 Å². The zero-order chi connectivity index (χ0) is 18.7. The molecule has 0 unspecified atom stereocenters. The number of benzene rings is 1. The van der Waals surface area contributed by atoms with E-state index in [1.54, 1.807) is 6.20 Å². The maximum Gasteiger partial charge on any atom is 0.320 e. The molecule has 2 aromatic heterocycles. The summed E-state index contributed by atoms with van der Waals surface area (Å²) in [5, 5.41) is 10.4. The van der Waals surface area contributed by atoms with Crippen molar-refractivity contribution in [2.45, 2.75) is 33.4 Å². The number of rotatable bonds is 5. The van der Waals surface area contributed by atoms with Gasteiger partial charge in [-0.15, -0.1) is 0 Å². The lowest BCUT2D eigenvalue weighted by Crippen LogP contribution is -2.34. The highest BCUT2D eigenvalue weighted by molar-refractivity contribution is 5.91. The Morgan fingerprint density at radius 2 is 1.96 bits per heavy atom. The summed E-state index contributed by atoms with van der Waals surface area (Å²) in [5.41, 5.74) is 3.45. The summed E-state index contributed by atoms with van der Waals surface area (Å²) < 4.78 is 3.78. The van der Waals surface area contributed by atoms with Gasteiger partial charge in [0.15, 0.2) is 0 Å². The van der Waals surface area contributed by atoms with Gasteiger partial charge in [0.2, 0.25) is 0 Å². The van der Waals surface area contributed by atoms with Gasteiger partial charge in [-0.2, -0.15) is 5.10 Å². The zero-order valence-corrected chi connectivity index (χ0v) is 15.5. The molecular formula is C19H24N6O. The van der Waals surface area contributed by atoms with Crippen LogP contribution in [-0.2, 0) is 13.6 Å². The highest BCUT2D eigenvalue weighted by Crippen LogP contribution is 2.22. The Kier molecular flexibility index (Phi) is 5.06. The van der Waals surface area contributed by atoms with Gasteiger partial charge >= 0.3 is 6.03 Å². The Morgan fingerprint density at radius 3 is 2.54 bits per heavy atom. The summed E-state index contributed by atoms with van der Waals surface area (Å²) in [6.07, 6.45) is 3.59. The standard InChI is InChI=1S/C19H24N6O/c1-5-25-14(3)16(13(2)23-25)21-19(26)22-17(15-9-7-6-8-10-15)18-20-11-12-24(18)4/h6-12,17H,5H2,1-4H3,(H2,21,22,26)/t17-/m1/s1. The summed E-state index contributed by atoms with van der Waals surface area (Å²) >= 11 is 0. The second kappa shape index (κ2) is 7.43. The summed E-state index contributed by atoms with van der Waals surface area (Å²) in [7, 11) is 1.91. The zero-order valence-electron chi connectivity index (χ0n) is 15.5. The van der Waals surface area contributed by atoms with E-state index in [0.717, 1.165) is 35.0 Å². The summed E-state index contributed by atoms with van der Waals surface area (Å²) in [6, 6.07) is 9.16. The monoisotopic (exact) mass is 352 g/mol. The Balaban J connectivity index is 1.85.